The van der Waals surface area contributed by atoms with E-state index in [9.17, 15) is 4.79 Å². The summed E-state index contributed by atoms with van der Waals surface area (Å²) in [7, 11) is 1.64. The Kier molecular flexibility index (Phi) is 4.95. The van der Waals surface area contributed by atoms with Crippen molar-refractivity contribution in [3.05, 3.63) is 46.7 Å². The highest BCUT2D eigenvalue weighted by atomic mass is 35.5. The molecule has 0 bridgehead atoms. The van der Waals surface area contributed by atoms with Gasteiger partial charge in [-0.25, -0.2) is 9.78 Å². The smallest absolute Gasteiger partial charge is 0.343 e. The van der Waals surface area contributed by atoms with E-state index >= 15 is 0 Å². The van der Waals surface area contributed by atoms with E-state index in [1.807, 2.05) is 24.3 Å². The van der Waals surface area contributed by atoms with Crippen LogP contribution in [0.3, 0.4) is 0 Å². The fourth-order valence-electron chi connectivity index (χ4n) is 3.16. The molecular weight excluding hydrogens is 384 g/mol. The number of halogens is 1. The first kappa shape index (κ1) is 18.4. The molecule has 4 rings (SSSR count). The van der Waals surface area contributed by atoms with E-state index < -0.39 is 5.97 Å². The molecule has 0 N–H and O–H groups in total. The lowest BCUT2D eigenvalue weighted by Crippen LogP contribution is -2.34. The third kappa shape index (κ3) is 3.20. The van der Waals surface area contributed by atoms with E-state index in [1.165, 1.54) is 6.20 Å². The number of anilines is 1. The summed E-state index contributed by atoms with van der Waals surface area (Å²) in [5.74, 6) is 1.42. The number of fused-ring (bicyclic) bond motifs is 3. The van der Waals surface area contributed by atoms with Gasteiger partial charge in [-0.3, -0.25) is 0 Å². The molecule has 9 heteroatoms. The molecule has 1 aliphatic heterocycles. The van der Waals surface area contributed by atoms with Gasteiger partial charge in [0.25, 0.3) is 0 Å². The summed E-state index contributed by atoms with van der Waals surface area (Å²) in [6.45, 7) is 3.74. The zero-order valence-corrected chi connectivity index (χ0v) is 16.3. The van der Waals surface area contributed by atoms with Gasteiger partial charge in [0.2, 0.25) is 0 Å². The molecule has 0 atom stereocenters. The minimum atomic E-state index is -0.487. The number of hydrogen-bond donors (Lipinski definition) is 0. The second-order valence-corrected chi connectivity index (χ2v) is 6.55. The van der Waals surface area contributed by atoms with Crippen LogP contribution in [-0.4, -0.2) is 47.4 Å². The molecule has 0 fully saturated rings. The molecular formula is C19H19ClN4O4. The molecule has 0 spiro atoms. The largest absolute Gasteiger partial charge is 0.497 e. The maximum Gasteiger partial charge on any atom is 0.343 e. The van der Waals surface area contributed by atoms with Crippen LogP contribution in [0.15, 0.2) is 30.5 Å². The highest BCUT2D eigenvalue weighted by Crippen LogP contribution is 2.38. The van der Waals surface area contributed by atoms with Gasteiger partial charge in [0.05, 0.1) is 26.5 Å². The van der Waals surface area contributed by atoms with E-state index in [0.717, 1.165) is 11.3 Å². The van der Waals surface area contributed by atoms with Gasteiger partial charge in [-0.05, 0) is 24.6 Å². The van der Waals surface area contributed by atoms with Crippen LogP contribution < -0.4 is 14.4 Å². The summed E-state index contributed by atoms with van der Waals surface area (Å²) in [6, 6.07) is 7.83. The molecule has 2 aromatic heterocycles. The SMILES string of the molecule is CCOC(=O)c1cnn2c3c(c(Cl)nc12)OCCN3Cc1ccc(OC)cc1. The molecule has 0 saturated carbocycles. The summed E-state index contributed by atoms with van der Waals surface area (Å²) < 4.78 is 17.6. The lowest BCUT2D eigenvalue weighted by Gasteiger charge is -2.31. The molecule has 3 heterocycles. The van der Waals surface area contributed by atoms with E-state index in [-0.39, 0.29) is 17.3 Å². The van der Waals surface area contributed by atoms with Crippen LogP contribution in [0.4, 0.5) is 5.82 Å². The first-order chi connectivity index (χ1) is 13.6. The fraction of sp³-hybridized carbons (Fsp3) is 0.316. The van der Waals surface area contributed by atoms with Gasteiger partial charge < -0.3 is 19.1 Å². The van der Waals surface area contributed by atoms with E-state index in [4.69, 9.17) is 25.8 Å². The van der Waals surface area contributed by atoms with Crippen LogP contribution in [-0.2, 0) is 11.3 Å². The number of rotatable bonds is 5. The van der Waals surface area contributed by atoms with Crippen LogP contribution in [0.2, 0.25) is 5.15 Å². The topological polar surface area (TPSA) is 78.2 Å². The molecule has 3 aromatic rings. The number of hydrogen-bond acceptors (Lipinski definition) is 7. The number of nitrogens with zero attached hydrogens (tertiary/aromatic N) is 4. The standard InChI is InChI=1S/C19H19ClN4O4/c1-3-27-19(25)14-10-21-24-17(14)22-16(20)15-18(24)23(8-9-28-15)11-12-4-6-13(26-2)7-5-12/h4-7,10H,3,8-9,11H2,1-2H3. The Hall–Kier alpha value is -3.00. The Morgan fingerprint density at radius 2 is 2.11 bits per heavy atom. The van der Waals surface area contributed by atoms with Crippen molar-refractivity contribution in [1.82, 2.24) is 14.6 Å². The molecule has 0 amide bonds. The van der Waals surface area contributed by atoms with Crippen LogP contribution in [0.25, 0.3) is 5.65 Å². The summed E-state index contributed by atoms with van der Waals surface area (Å²) in [5, 5.41) is 4.54. The maximum absolute atomic E-state index is 12.2. The third-order valence-electron chi connectivity index (χ3n) is 4.47. The second kappa shape index (κ2) is 7.55. The first-order valence-corrected chi connectivity index (χ1v) is 9.25. The van der Waals surface area contributed by atoms with Crippen LogP contribution in [0, 0.1) is 0 Å². The van der Waals surface area contributed by atoms with Gasteiger partial charge in [0.1, 0.15) is 17.9 Å². The normalized spacial score (nSPS) is 13.2. The molecule has 1 aromatic carbocycles. The van der Waals surface area contributed by atoms with Crippen molar-refractivity contribution in [3.8, 4) is 11.5 Å². The molecule has 1 aliphatic rings. The van der Waals surface area contributed by atoms with Gasteiger partial charge in [0.15, 0.2) is 22.4 Å². The Balaban J connectivity index is 1.76. The average Bonchev–Trinajstić information content (AvgIpc) is 3.13. The monoisotopic (exact) mass is 402 g/mol. The Bertz CT molecular complexity index is 1020. The molecule has 28 heavy (non-hydrogen) atoms. The number of aromatic nitrogens is 3. The molecule has 0 radical (unpaired) electrons. The quantitative estimate of drug-likeness (QED) is 0.479. The summed E-state index contributed by atoms with van der Waals surface area (Å²) in [5.41, 5.74) is 1.70. The minimum Gasteiger partial charge on any atom is -0.497 e. The number of methoxy groups -OCH3 is 1. The molecule has 0 aliphatic carbocycles. The van der Waals surface area contributed by atoms with Crippen molar-refractivity contribution < 1.29 is 19.0 Å². The highest BCUT2D eigenvalue weighted by Gasteiger charge is 2.28. The minimum absolute atomic E-state index is 0.188. The number of ether oxygens (including phenoxy) is 3. The lowest BCUT2D eigenvalue weighted by atomic mass is 10.2. The summed E-state index contributed by atoms with van der Waals surface area (Å²) >= 11 is 6.37. The van der Waals surface area contributed by atoms with Crippen molar-refractivity contribution >= 4 is 29.0 Å². The predicted molar refractivity (Wildman–Crippen MR) is 103 cm³/mol. The number of esters is 1. The lowest BCUT2D eigenvalue weighted by molar-refractivity contribution is 0.0528. The van der Waals surface area contributed by atoms with Crippen LogP contribution >= 0.6 is 11.6 Å². The number of carbonyl (C=O) groups is 1. The second-order valence-electron chi connectivity index (χ2n) is 6.19. The third-order valence-corrected chi connectivity index (χ3v) is 4.73. The van der Waals surface area contributed by atoms with Crippen molar-refractivity contribution in [3.63, 3.8) is 0 Å². The van der Waals surface area contributed by atoms with Gasteiger partial charge >= 0.3 is 5.97 Å². The van der Waals surface area contributed by atoms with E-state index in [0.29, 0.717) is 36.9 Å². The summed E-state index contributed by atoms with van der Waals surface area (Å²) in [6.07, 6.45) is 1.44. The predicted octanol–water partition coefficient (Wildman–Crippen LogP) is 2.97. The zero-order valence-electron chi connectivity index (χ0n) is 15.5. The Labute approximate surface area is 166 Å². The van der Waals surface area contributed by atoms with Gasteiger partial charge in [0, 0.05) is 6.54 Å². The first-order valence-electron chi connectivity index (χ1n) is 8.87. The maximum atomic E-state index is 12.2. The Morgan fingerprint density at radius 3 is 2.82 bits per heavy atom. The van der Waals surface area contributed by atoms with Crippen molar-refractivity contribution in [2.45, 2.75) is 13.5 Å². The average molecular weight is 403 g/mol. The van der Waals surface area contributed by atoms with Gasteiger partial charge in [-0.1, -0.05) is 23.7 Å². The van der Waals surface area contributed by atoms with Crippen LogP contribution in [0.1, 0.15) is 22.8 Å². The highest BCUT2D eigenvalue weighted by molar-refractivity contribution is 6.31. The molecule has 8 nitrogen and oxygen atoms in total. The van der Waals surface area contributed by atoms with Crippen molar-refractivity contribution in [1.29, 1.82) is 0 Å². The van der Waals surface area contributed by atoms with E-state index in [2.05, 4.69) is 15.0 Å². The summed E-state index contributed by atoms with van der Waals surface area (Å²) in [4.78, 5) is 18.6. The zero-order chi connectivity index (χ0) is 19.7. The Morgan fingerprint density at radius 1 is 1.32 bits per heavy atom. The van der Waals surface area contributed by atoms with Crippen molar-refractivity contribution in [2.24, 2.45) is 0 Å². The van der Waals surface area contributed by atoms with Crippen molar-refractivity contribution in [2.75, 3.05) is 31.8 Å². The number of benzene rings is 1. The van der Waals surface area contributed by atoms with E-state index in [1.54, 1.807) is 18.5 Å². The van der Waals surface area contributed by atoms with Crippen LogP contribution in [0.5, 0.6) is 11.5 Å². The molecule has 146 valence electrons. The molecule has 0 saturated heterocycles. The molecule has 0 unspecified atom stereocenters. The number of carbonyl (C=O) groups excluding carboxylic acids is 1. The fourth-order valence-corrected chi connectivity index (χ4v) is 3.38. The van der Waals surface area contributed by atoms with Gasteiger partial charge in [-0.15, -0.1) is 0 Å². The van der Waals surface area contributed by atoms with Gasteiger partial charge in [-0.2, -0.15) is 9.61 Å².